The van der Waals surface area contributed by atoms with Crippen molar-refractivity contribution in [3.8, 4) is 5.75 Å². The maximum Gasteiger partial charge on any atom is 0.300 e. The first-order chi connectivity index (χ1) is 15.7. The van der Waals surface area contributed by atoms with Crippen LogP contribution in [0.1, 0.15) is 22.7 Å². The van der Waals surface area contributed by atoms with Crippen LogP contribution in [-0.4, -0.2) is 23.9 Å². The molecule has 168 valence electrons. The first-order valence-electron chi connectivity index (χ1n) is 9.90. The van der Waals surface area contributed by atoms with Crippen LogP contribution in [0.2, 0.25) is 10.0 Å². The van der Waals surface area contributed by atoms with E-state index in [1.807, 2.05) is 13.0 Å². The molecule has 0 saturated carbocycles. The maximum atomic E-state index is 14.9. The van der Waals surface area contributed by atoms with Crippen molar-refractivity contribution >= 4 is 46.3 Å². The Morgan fingerprint density at radius 3 is 2.30 bits per heavy atom. The van der Waals surface area contributed by atoms with Gasteiger partial charge in [-0.25, -0.2) is 4.39 Å². The molecule has 8 heteroatoms. The molecule has 1 N–H and O–H groups in total. The quantitative estimate of drug-likeness (QED) is 0.276. The number of ether oxygens (including phenoxy) is 1. The van der Waals surface area contributed by atoms with Gasteiger partial charge in [-0.2, -0.15) is 0 Å². The Bertz CT molecular complexity index is 1300. The summed E-state index contributed by atoms with van der Waals surface area (Å²) in [6, 6.07) is 14.2. The predicted molar refractivity (Wildman–Crippen MR) is 125 cm³/mol. The summed E-state index contributed by atoms with van der Waals surface area (Å²) in [5.41, 5.74) is 1.12. The second kappa shape index (κ2) is 8.89. The number of amides is 1. The zero-order valence-corrected chi connectivity index (χ0v) is 19.1. The summed E-state index contributed by atoms with van der Waals surface area (Å²) in [6.45, 7) is 1.83. The Hall–Kier alpha value is -3.35. The monoisotopic (exact) mass is 485 g/mol. The highest BCUT2D eigenvalue weighted by molar-refractivity contribution is 6.51. The molecule has 1 atom stereocenters. The van der Waals surface area contributed by atoms with Crippen molar-refractivity contribution in [1.82, 2.24) is 0 Å². The molecule has 3 aromatic rings. The molecule has 4 rings (SSSR count). The lowest BCUT2D eigenvalue weighted by molar-refractivity contribution is -0.132. The van der Waals surface area contributed by atoms with Crippen LogP contribution in [0.15, 0.2) is 66.2 Å². The normalized spacial score (nSPS) is 17.5. The van der Waals surface area contributed by atoms with Gasteiger partial charge in [0.1, 0.15) is 11.6 Å². The molecular weight excluding hydrogens is 468 g/mol. The molecule has 0 bridgehead atoms. The zero-order chi connectivity index (χ0) is 23.9. The van der Waals surface area contributed by atoms with E-state index >= 15 is 0 Å². The molecule has 1 unspecified atom stereocenters. The van der Waals surface area contributed by atoms with E-state index in [1.165, 1.54) is 42.3 Å². The molecule has 3 aromatic carbocycles. The molecule has 1 heterocycles. The van der Waals surface area contributed by atoms with Crippen molar-refractivity contribution in [2.24, 2.45) is 0 Å². The van der Waals surface area contributed by atoms with Crippen LogP contribution in [-0.2, 0) is 9.59 Å². The van der Waals surface area contributed by atoms with E-state index in [0.717, 1.165) is 5.56 Å². The fourth-order valence-corrected chi connectivity index (χ4v) is 4.56. The van der Waals surface area contributed by atoms with Crippen LogP contribution in [0.25, 0.3) is 5.76 Å². The van der Waals surface area contributed by atoms with Crippen molar-refractivity contribution in [1.29, 1.82) is 0 Å². The van der Waals surface area contributed by atoms with Crippen LogP contribution < -0.4 is 9.64 Å². The molecule has 1 fully saturated rings. The van der Waals surface area contributed by atoms with Crippen molar-refractivity contribution in [2.75, 3.05) is 12.0 Å². The third kappa shape index (κ3) is 3.96. The Kier molecular flexibility index (Phi) is 6.15. The smallest absolute Gasteiger partial charge is 0.300 e. The second-order valence-corrected chi connectivity index (χ2v) is 8.32. The van der Waals surface area contributed by atoms with Crippen molar-refractivity contribution < 1.29 is 23.8 Å². The van der Waals surface area contributed by atoms with E-state index in [0.29, 0.717) is 5.69 Å². The number of aliphatic hydroxyl groups excluding tert-OH is 1. The summed E-state index contributed by atoms with van der Waals surface area (Å²) in [5, 5.41) is 11.4. The predicted octanol–water partition coefficient (Wildman–Crippen LogP) is 6.08. The molecule has 1 aliphatic heterocycles. The Morgan fingerprint density at radius 1 is 1.03 bits per heavy atom. The van der Waals surface area contributed by atoms with E-state index in [2.05, 4.69) is 0 Å². The van der Waals surface area contributed by atoms with Gasteiger partial charge in [0.2, 0.25) is 0 Å². The number of aliphatic hydroxyl groups is 1. The van der Waals surface area contributed by atoms with Crippen LogP contribution in [0.5, 0.6) is 5.75 Å². The number of carbonyl (C=O) groups excluding carboxylic acids is 2. The van der Waals surface area contributed by atoms with Crippen molar-refractivity contribution in [3.63, 3.8) is 0 Å². The molecule has 33 heavy (non-hydrogen) atoms. The third-order valence-corrected chi connectivity index (χ3v) is 5.96. The van der Waals surface area contributed by atoms with Gasteiger partial charge in [0.15, 0.2) is 5.75 Å². The Labute approximate surface area is 199 Å². The average Bonchev–Trinajstić information content (AvgIpc) is 3.04. The number of methoxy groups -OCH3 is 1. The minimum atomic E-state index is -1.20. The van der Waals surface area contributed by atoms with E-state index in [-0.39, 0.29) is 32.5 Å². The standard InChI is InChI=1S/C25H18Cl2FNO4/c1-13-6-5-7-15(10-13)29-21(16-8-3-4-9-19(16)28)20(23(31)25(29)32)22(30)14-11-17(26)24(33-2)18(27)12-14/h3-12,21,30H,1-2H3/b22-20+. The zero-order valence-electron chi connectivity index (χ0n) is 17.6. The minimum Gasteiger partial charge on any atom is -0.507 e. The summed E-state index contributed by atoms with van der Waals surface area (Å²) in [5.74, 6) is -2.80. The van der Waals surface area contributed by atoms with Gasteiger partial charge in [-0.05, 0) is 42.8 Å². The second-order valence-electron chi connectivity index (χ2n) is 7.50. The summed E-state index contributed by atoms with van der Waals surface area (Å²) < 4.78 is 20.0. The van der Waals surface area contributed by atoms with E-state index < -0.39 is 29.3 Å². The van der Waals surface area contributed by atoms with Gasteiger partial charge in [0.25, 0.3) is 11.7 Å². The van der Waals surface area contributed by atoms with Crippen LogP contribution in [0.4, 0.5) is 10.1 Å². The lowest BCUT2D eigenvalue weighted by atomic mass is 9.94. The topological polar surface area (TPSA) is 66.8 Å². The number of rotatable bonds is 4. The third-order valence-electron chi connectivity index (χ3n) is 5.40. The summed E-state index contributed by atoms with van der Waals surface area (Å²) in [7, 11) is 1.39. The van der Waals surface area contributed by atoms with Gasteiger partial charge in [-0.15, -0.1) is 0 Å². The lowest BCUT2D eigenvalue weighted by Crippen LogP contribution is -2.29. The van der Waals surface area contributed by atoms with Crippen molar-refractivity contribution in [3.05, 3.63) is 98.8 Å². The SMILES string of the molecule is COc1c(Cl)cc(/C(O)=C2\C(=O)C(=O)N(c3cccc(C)c3)C2c2ccccc2F)cc1Cl. The van der Waals surface area contributed by atoms with E-state index in [9.17, 15) is 19.1 Å². The number of carbonyl (C=O) groups is 2. The fourth-order valence-electron chi connectivity index (χ4n) is 3.91. The first kappa shape index (κ1) is 22.8. The minimum absolute atomic E-state index is 0.0606. The number of nitrogens with zero attached hydrogens (tertiary/aromatic N) is 1. The van der Waals surface area contributed by atoms with E-state index in [4.69, 9.17) is 27.9 Å². The van der Waals surface area contributed by atoms with Crippen LogP contribution in [0, 0.1) is 12.7 Å². The van der Waals surface area contributed by atoms with Gasteiger partial charge < -0.3 is 9.84 Å². The molecule has 0 aromatic heterocycles. The molecule has 1 aliphatic rings. The van der Waals surface area contributed by atoms with Gasteiger partial charge in [-0.3, -0.25) is 14.5 Å². The average molecular weight is 486 g/mol. The Morgan fingerprint density at radius 2 is 1.70 bits per heavy atom. The lowest BCUT2D eigenvalue weighted by Gasteiger charge is -2.26. The highest BCUT2D eigenvalue weighted by atomic mass is 35.5. The van der Waals surface area contributed by atoms with Gasteiger partial charge >= 0.3 is 0 Å². The number of aryl methyl sites for hydroxylation is 1. The highest BCUT2D eigenvalue weighted by Crippen LogP contribution is 2.44. The fraction of sp³-hybridized carbons (Fsp3) is 0.120. The molecule has 1 saturated heterocycles. The summed E-state index contributed by atoms with van der Waals surface area (Å²) >= 11 is 12.4. The largest absolute Gasteiger partial charge is 0.507 e. The number of hydrogen-bond acceptors (Lipinski definition) is 4. The molecule has 5 nitrogen and oxygen atoms in total. The number of hydrogen-bond donors (Lipinski definition) is 1. The van der Waals surface area contributed by atoms with E-state index in [1.54, 1.807) is 24.3 Å². The maximum absolute atomic E-state index is 14.9. The van der Waals surface area contributed by atoms with Crippen molar-refractivity contribution in [2.45, 2.75) is 13.0 Å². The van der Waals surface area contributed by atoms with Gasteiger partial charge in [0.05, 0.1) is 28.8 Å². The number of ketones is 1. The van der Waals surface area contributed by atoms with Gasteiger partial charge in [0, 0.05) is 16.8 Å². The number of Topliss-reactive ketones (excluding diaryl/α,β-unsaturated/α-hetero) is 1. The molecule has 0 aliphatic carbocycles. The van der Waals surface area contributed by atoms with Gasteiger partial charge in [-0.1, -0.05) is 53.5 Å². The molecule has 0 spiro atoms. The number of halogens is 3. The molecule has 0 radical (unpaired) electrons. The molecular formula is C25H18Cl2FNO4. The molecule has 1 amide bonds. The first-order valence-corrected chi connectivity index (χ1v) is 10.7. The number of anilines is 1. The highest BCUT2D eigenvalue weighted by Gasteiger charge is 2.47. The van der Waals surface area contributed by atoms with Crippen LogP contribution >= 0.6 is 23.2 Å². The number of benzene rings is 3. The summed E-state index contributed by atoms with van der Waals surface area (Å²) in [4.78, 5) is 27.5. The van der Waals surface area contributed by atoms with Crippen LogP contribution in [0.3, 0.4) is 0 Å². The Balaban J connectivity index is 1.99. The summed E-state index contributed by atoms with van der Waals surface area (Å²) in [6.07, 6.45) is 0.